The number of benzene rings is 2. The number of hydrogen-bond acceptors (Lipinski definition) is 5. The Morgan fingerprint density at radius 1 is 1.11 bits per heavy atom. The number of hydrogen-bond donors (Lipinski definition) is 1. The van der Waals surface area contributed by atoms with E-state index in [0.717, 1.165) is 11.0 Å². The number of anilines is 1. The normalized spacial score (nSPS) is 18.3. The van der Waals surface area contributed by atoms with Crippen LogP contribution in [0.5, 0.6) is 0 Å². The van der Waals surface area contributed by atoms with Crippen LogP contribution in [0.4, 0.5) is 5.95 Å². The van der Waals surface area contributed by atoms with Crippen LogP contribution in [0.1, 0.15) is 12.0 Å². The predicted octanol–water partition coefficient (Wildman–Crippen LogP) is 1.51. The third-order valence-corrected chi connectivity index (χ3v) is 6.38. The van der Waals surface area contributed by atoms with Crippen LogP contribution in [-0.4, -0.2) is 42.8 Å². The minimum Gasteiger partial charge on any atom is -0.308 e. The van der Waals surface area contributed by atoms with Crippen molar-refractivity contribution in [2.45, 2.75) is 17.9 Å². The van der Waals surface area contributed by atoms with E-state index < -0.39 is 10.0 Å². The van der Waals surface area contributed by atoms with E-state index in [2.05, 4.69) is 14.7 Å². The fourth-order valence-corrected chi connectivity index (χ4v) is 4.93. The Kier molecular flexibility index (Phi) is 3.73. The van der Waals surface area contributed by atoms with Crippen LogP contribution >= 0.6 is 0 Å². The lowest BCUT2D eigenvalue weighted by Gasteiger charge is -2.13. The maximum atomic E-state index is 12.7. The van der Waals surface area contributed by atoms with Crippen LogP contribution in [0.2, 0.25) is 0 Å². The highest BCUT2D eigenvalue weighted by Crippen LogP contribution is 2.27. The Labute approximate surface area is 161 Å². The van der Waals surface area contributed by atoms with Crippen molar-refractivity contribution in [2.24, 2.45) is 4.99 Å². The molecule has 0 unspecified atom stereocenters. The monoisotopic (exact) mass is 395 g/mol. The van der Waals surface area contributed by atoms with Crippen molar-refractivity contribution in [3.8, 4) is 0 Å². The smallest absolute Gasteiger partial charge is 0.263 e. The van der Waals surface area contributed by atoms with E-state index in [9.17, 15) is 13.2 Å². The van der Waals surface area contributed by atoms with Crippen molar-refractivity contribution in [1.29, 1.82) is 0 Å². The molecule has 3 aromatic rings. The number of nitrogens with one attached hydrogen (secondary N) is 1. The summed E-state index contributed by atoms with van der Waals surface area (Å²) in [5.41, 5.74) is 2.43. The molecule has 1 aromatic heterocycles. The Balaban J connectivity index is 1.33. The maximum absolute atomic E-state index is 12.7. The summed E-state index contributed by atoms with van der Waals surface area (Å²) < 4.78 is 28.7. The van der Waals surface area contributed by atoms with Gasteiger partial charge in [0.1, 0.15) is 5.84 Å². The van der Waals surface area contributed by atoms with Gasteiger partial charge in [-0.05, 0) is 24.3 Å². The third kappa shape index (κ3) is 2.58. The zero-order chi connectivity index (χ0) is 19.3. The van der Waals surface area contributed by atoms with Crippen molar-refractivity contribution in [1.82, 2.24) is 14.3 Å². The van der Waals surface area contributed by atoms with E-state index in [-0.39, 0.29) is 29.6 Å². The Hall–Kier alpha value is -3.20. The maximum Gasteiger partial charge on any atom is 0.263 e. The molecule has 28 heavy (non-hydrogen) atoms. The minimum atomic E-state index is -3.57. The average molecular weight is 395 g/mol. The molecule has 0 aliphatic carbocycles. The number of imidazole rings is 1. The molecule has 0 radical (unpaired) electrons. The van der Waals surface area contributed by atoms with Crippen LogP contribution in [0, 0.1) is 0 Å². The number of fused-ring (bicyclic) bond motifs is 4. The standard InChI is InChI=1S/C19H17N5O3S/c25-17(24-12-11-23-15-7-3-2-6-14(15)21-19(23)24)9-10-20-18-13-5-1-4-8-16(13)28(26,27)22-18/h1-8H,9-12H2,(H,20,22). The molecule has 0 atom stereocenters. The molecule has 9 heteroatoms. The van der Waals surface area contributed by atoms with Crippen LogP contribution in [0.3, 0.4) is 0 Å². The Morgan fingerprint density at radius 2 is 1.89 bits per heavy atom. The molecule has 2 aromatic carbocycles. The molecule has 0 saturated heterocycles. The number of amides is 1. The first-order valence-corrected chi connectivity index (χ1v) is 10.5. The number of carbonyl (C=O) groups excluding carboxylic acids is 1. The van der Waals surface area contributed by atoms with Gasteiger partial charge >= 0.3 is 0 Å². The first-order valence-electron chi connectivity index (χ1n) is 8.97. The highest BCUT2D eigenvalue weighted by Gasteiger charge is 2.31. The lowest BCUT2D eigenvalue weighted by atomic mass is 10.2. The molecule has 0 fully saturated rings. The Morgan fingerprint density at radius 3 is 2.79 bits per heavy atom. The summed E-state index contributed by atoms with van der Waals surface area (Å²) in [7, 11) is -3.57. The van der Waals surface area contributed by atoms with E-state index in [1.54, 1.807) is 29.2 Å². The van der Waals surface area contributed by atoms with Crippen LogP contribution in [0.15, 0.2) is 58.4 Å². The molecule has 1 amide bonds. The van der Waals surface area contributed by atoms with E-state index >= 15 is 0 Å². The summed E-state index contributed by atoms with van der Waals surface area (Å²) in [5, 5.41) is 0. The summed E-state index contributed by atoms with van der Waals surface area (Å²) in [6.07, 6.45) is 0.177. The molecule has 142 valence electrons. The summed E-state index contributed by atoms with van der Waals surface area (Å²) in [6.45, 7) is 1.49. The van der Waals surface area contributed by atoms with Gasteiger partial charge in [0.05, 0.1) is 22.5 Å². The van der Waals surface area contributed by atoms with E-state index in [0.29, 0.717) is 24.6 Å². The lowest BCUT2D eigenvalue weighted by molar-refractivity contribution is -0.118. The lowest BCUT2D eigenvalue weighted by Crippen LogP contribution is -2.30. The molecule has 5 rings (SSSR count). The highest BCUT2D eigenvalue weighted by atomic mass is 32.2. The summed E-state index contributed by atoms with van der Waals surface area (Å²) in [5.74, 6) is 0.871. The topological polar surface area (TPSA) is 96.7 Å². The SMILES string of the molecule is O=C(CCN=C1NS(=O)(=O)c2ccccc21)N1CCn2c1nc1ccccc12. The minimum absolute atomic E-state index is 0.0763. The Bertz CT molecular complexity index is 1250. The van der Waals surface area contributed by atoms with Gasteiger partial charge in [-0.15, -0.1) is 0 Å². The number of sulfonamides is 1. The van der Waals surface area contributed by atoms with Gasteiger partial charge in [-0.1, -0.05) is 24.3 Å². The van der Waals surface area contributed by atoms with Gasteiger partial charge in [-0.25, -0.2) is 13.4 Å². The number of aliphatic imine (C=N–C) groups is 1. The van der Waals surface area contributed by atoms with Crippen molar-refractivity contribution >= 4 is 38.7 Å². The number of carbonyl (C=O) groups is 1. The molecule has 0 bridgehead atoms. The van der Waals surface area contributed by atoms with Gasteiger partial charge in [-0.2, -0.15) is 0 Å². The number of aromatic nitrogens is 2. The van der Waals surface area contributed by atoms with Gasteiger partial charge in [0.2, 0.25) is 11.9 Å². The molecular formula is C19H17N5O3S. The van der Waals surface area contributed by atoms with E-state index in [1.807, 2.05) is 28.8 Å². The molecule has 3 heterocycles. The second-order valence-electron chi connectivity index (χ2n) is 6.68. The summed E-state index contributed by atoms with van der Waals surface area (Å²) >= 11 is 0. The molecule has 0 saturated carbocycles. The number of nitrogens with zero attached hydrogens (tertiary/aromatic N) is 4. The van der Waals surface area contributed by atoms with Crippen molar-refractivity contribution in [3.63, 3.8) is 0 Å². The fourth-order valence-electron chi connectivity index (χ4n) is 3.68. The highest BCUT2D eigenvalue weighted by molar-refractivity contribution is 7.90. The number of rotatable bonds is 3. The summed E-state index contributed by atoms with van der Waals surface area (Å²) in [4.78, 5) is 23.5. The van der Waals surface area contributed by atoms with Gasteiger partial charge in [0.25, 0.3) is 10.0 Å². The molecule has 0 spiro atoms. The summed E-state index contributed by atoms with van der Waals surface area (Å²) in [6, 6.07) is 14.5. The molecular weight excluding hydrogens is 378 g/mol. The zero-order valence-corrected chi connectivity index (χ0v) is 15.7. The second kappa shape index (κ2) is 6.16. The predicted molar refractivity (Wildman–Crippen MR) is 105 cm³/mol. The van der Waals surface area contributed by atoms with Crippen molar-refractivity contribution in [2.75, 3.05) is 18.0 Å². The van der Waals surface area contributed by atoms with Gasteiger partial charge in [-0.3, -0.25) is 19.4 Å². The van der Waals surface area contributed by atoms with Crippen molar-refractivity contribution < 1.29 is 13.2 Å². The average Bonchev–Trinajstić information content (AvgIpc) is 3.33. The molecule has 2 aliphatic heterocycles. The van der Waals surface area contributed by atoms with Crippen LogP contribution in [-0.2, 0) is 21.4 Å². The van der Waals surface area contributed by atoms with Gasteiger partial charge in [0, 0.05) is 25.1 Å². The molecule has 2 aliphatic rings. The largest absolute Gasteiger partial charge is 0.308 e. The van der Waals surface area contributed by atoms with E-state index in [4.69, 9.17) is 0 Å². The first kappa shape index (κ1) is 16.9. The number of amidine groups is 1. The van der Waals surface area contributed by atoms with Gasteiger partial charge in [0.15, 0.2) is 0 Å². The first-order chi connectivity index (χ1) is 13.5. The zero-order valence-electron chi connectivity index (χ0n) is 14.9. The molecule has 1 N–H and O–H groups in total. The molecule has 8 nitrogen and oxygen atoms in total. The number of para-hydroxylation sites is 2. The van der Waals surface area contributed by atoms with Gasteiger partial charge < -0.3 is 4.57 Å². The fraction of sp³-hybridized carbons (Fsp3) is 0.211. The van der Waals surface area contributed by atoms with E-state index in [1.165, 1.54) is 0 Å². The van der Waals surface area contributed by atoms with Crippen molar-refractivity contribution in [3.05, 3.63) is 54.1 Å². The third-order valence-electron chi connectivity index (χ3n) is 4.98. The second-order valence-corrected chi connectivity index (χ2v) is 8.33. The van der Waals surface area contributed by atoms with Crippen LogP contribution < -0.4 is 9.62 Å². The van der Waals surface area contributed by atoms with Crippen LogP contribution in [0.25, 0.3) is 11.0 Å². The quantitative estimate of drug-likeness (QED) is 0.727.